The van der Waals surface area contributed by atoms with E-state index in [0.29, 0.717) is 56.3 Å². The first kappa shape index (κ1) is 32.5. The summed E-state index contributed by atoms with van der Waals surface area (Å²) in [6.45, 7) is 10.9. The van der Waals surface area contributed by atoms with Crippen molar-refractivity contribution in [2.45, 2.75) is 96.1 Å². The quantitative estimate of drug-likeness (QED) is 0.419. The lowest BCUT2D eigenvalue weighted by atomic mass is 9.93. The van der Waals surface area contributed by atoms with Crippen molar-refractivity contribution in [3.63, 3.8) is 0 Å². The fraction of sp³-hybridized carbons (Fsp3) is 0.595. The number of nitrogens with zero attached hydrogens (tertiary/aromatic N) is 5. The van der Waals surface area contributed by atoms with Crippen LogP contribution in [0.2, 0.25) is 0 Å². The molecule has 0 bridgehead atoms. The Morgan fingerprint density at radius 1 is 0.761 bits per heavy atom. The fourth-order valence-corrected chi connectivity index (χ4v) is 7.71. The van der Waals surface area contributed by atoms with Gasteiger partial charge in [-0.2, -0.15) is 0 Å². The van der Waals surface area contributed by atoms with Crippen molar-refractivity contribution in [1.29, 1.82) is 0 Å². The fourth-order valence-electron chi connectivity index (χ4n) is 7.71. The van der Waals surface area contributed by atoms with Crippen LogP contribution >= 0.6 is 0 Å². The molecule has 1 atom stereocenters. The maximum Gasteiger partial charge on any atom is 0.410 e. The lowest BCUT2D eigenvalue weighted by molar-refractivity contribution is -0.131. The van der Waals surface area contributed by atoms with Crippen LogP contribution in [-0.2, 0) is 16.1 Å². The zero-order valence-electron chi connectivity index (χ0n) is 27.9. The first-order valence-electron chi connectivity index (χ1n) is 17.4. The van der Waals surface area contributed by atoms with Gasteiger partial charge in [-0.1, -0.05) is 61.7 Å². The van der Waals surface area contributed by atoms with E-state index < -0.39 is 5.60 Å². The molecule has 1 saturated carbocycles. The molecule has 2 aromatic carbocycles. The Labute approximate surface area is 274 Å². The maximum atomic E-state index is 13.5. The van der Waals surface area contributed by atoms with Gasteiger partial charge in [-0.05, 0) is 82.8 Å². The number of hydrogen-bond acceptors (Lipinski definition) is 6. The van der Waals surface area contributed by atoms with Crippen molar-refractivity contribution in [3.8, 4) is 0 Å². The highest BCUT2D eigenvalue weighted by Crippen LogP contribution is 2.39. The van der Waals surface area contributed by atoms with Crippen LogP contribution in [0.4, 0.5) is 4.79 Å². The first-order chi connectivity index (χ1) is 22.2. The molecule has 3 heterocycles. The van der Waals surface area contributed by atoms with Gasteiger partial charge in [0.25, 0.3) is 5.91 Å². The van der Waals surface area contributed by atoms with Crippen LogP contribution in [-0.4, -0.2) is 106 Å². The minimum Gasteiger partial charge on any atom is -0.444 e. The molecular formula is C37H51N5O4. The van der Waals surface area contributed by atoms with Gasteiger partial charge in [0.1, 0.15) is 11.8 Å². The van der Waals surface area contributed by atoms with E-state index in [1.54, 1.807) is 4.90 Å². The number of hydrogen-bond donors (Lipinski definition) is 0. The third-order valence-electron chi connectivity index (χ3n) is 10.1. The Hall–Kier alpha value is -3.43. The van der Waals surface area contributed by atoms with E-state index in [2.05, 4.69) is 57.2 Å². The molecule has 0 N–H and O–H groups in total. The van der Waals surface area contributed by atoms with Crippen LogP contribution in [0.15, 0.2) is 54.6 Å². The smallest absolute Gasteiger partial charge is 0.410 e. The van der Waals surface area contributed by atoms with Crippen molar-refractivity contribution < 1.29 is 19.1 Å². The summed E-state index contributed by atoms with van der Waals surface area (Å²) in [6.07, 6.45) is 7.77. The molecule has 3 aliphatic heterocycles. The van der Waals surface area contributed by atoms with Gasteiger partial charge in [0.05, 0.1) is 6.54 Å². The summed E-state index contributed by atoms with van der Waals surface area (Å²) >= 11 is 0. The maximum absolute atomic E-state index is 13.5. The van der Waals surface area contributed by atoms with Gasteiger partial charge in [-0.25, -0.2) is 4.79 Å². The summed E-state index contributed by atoms with van der Waals surface area (Å²) in [6, 6.07) is 19.4. The second-order valence-corrected chi connectivity index (χ2v) is 14.5. The van der Waals surface area contributed by atoms with E-state index in [9.17, 15) is 14.4 Å². The van der Waals surface area contributed by atoms with Crippen LogP contribution in [0.3, 0.4) is 0 Å². The minimum absolute atomic E-state index is 0.00612. The van der Waals surface area contributed by atoms with E-state index in [1.807, 2.05) is 37.8 Å². The number of ether oxygens (including phenoxy) is 1. The number of amides is 3. The molecule has 0 unspecified atom stereocenters. The average Bonchev–Trinajstić information content (AvgIpc) is 3.42. The number of rotatable bonds is 6. The lowest BCUT2D eigenvalue weighted by Crippen LogP contribution is -2.51. The lowest BCUT2D eigenvalue weighted by Gasteiger charge is -2.42. The summed E-state index contributed by atoms with van der Waals surface area (Å²) in [5.74, 6) is 0.300. The predicted molar refractivity (Wildman–Crippen MR) is 178 cm³/mol. The zero-order chi connectivity index (χ0) is 32.3. The Morgan fingerprint density at radius 3 is 2.02 bits per heavy atom. The van der Waals surface area contributed by atoms with Gasteiger partial charge >= 0.3 is 6.09 Å². The Kier molecular flexibility index (Phi) is 9.99. The van der Waals surface area contributed by atoms with E-state index in [1.165, 1.54) is 30.4 Å². The zero-order valence-corrected chi connectivity index (χ0v) is 27.9. The first-order valence-corrected chi connectivity index (χ1v) is 17.4. The van der Waals surface area contributed by atoms with Gasteiger partial charge < -0.3 is 19.4 Å². The Morgan fingerprint density at radius 2 is 1.39 bits per heavy atom. The summed E-state index contributed by atoms with van der Waals surface area (Å²) in [5.41, 5.74) is 2.59. The van der Waals surface area contributed by atoms with Crippen molar-refractivity contribution in [1.82, 2.24) is 24.5 Å². The molecule has 9 heteroatoms. The highest BCUT2D eigenvalue weighted by atomic mass is 16.6. The van der Waals surface area contributed by atoms with Gasteiger partial charge in [0.15, 0.2) is 0 Å². The van der Waals surface area contributed by atoms with Gasteiger partial charge in [0, 0.05) is 50.4 Å². The molecule has 3 amide bonds. The van der Waals surface area contributed by atoms with Crippen molar-refractivity contribution in [3.05, 3.63) is 71.3 Å². The summed E-state index contributed by atoms with van der Waals surface area (Å²) < 4.78 is 5.48. The second-order valence-electron chi connectivity index (χ2n) is 14.5. The monoisotopic (exact) mass is 629 g/mol. The standard InChI is InChI=1S/C37H51N5O4/c1-37(2,3)46-36(45)40-24-22-39(23-25-40)35(44)30-16-14-28(15-17-30)26-38-20-18-31(19-21-38)41-27-33(43)42(32-12-8-5-9-13-32)34(41)29-10-6-4-7-11-29/h4,6-7,10-11,14-17,31-32,34H,5,8-9,12-13,18-27H2,1-3H3/t34-/m0/s1. The molecule has 1 aliphatic carbocycles. The normalized spacial score (nSPS) is 22.8. The highest BCUT2D eigenvalue weighted by molar-refractivity contribution is 5.94. The molecule has 9 nitrogen and oxygen atoms in total. The summed E-state index contributed by atoms with van der Waals surface area (Å²) in [7, 11) is 0. The van der Waals surface area contributed by atoms with Gasteiger partial charge in [-0.15, -0.1) is 0 Å². The molecule has 0 spiro atoms. The molecule has 3 saturated heterocycles. The highest BCUT2D eigenvalue weighted by Gasteiger charge is 2.45. The molecule has 4 fully saturated rings. The molecule has 6 rings (SSSR count). The molecule has 2 aromatic rings. The Bertz CT molecular complexity index is 1340. The number of piperazine rings is 1. The van der Waals surface area contributed by atoms with Crippen LogP contribution < -0.4 is 0 Å². The molecular weight excluding hydrogens is 578 g/mol. The van der Waals surface area contributed by atoms with E-state index in [4.69, 9.17) is 4.74 Å². The number of carbonyl (C=O) groups excluding carboxylic acids is 3. The number of piperidine rings is 1. The van der Waals surface area contributed by atoms with Gasteiger partial charge in [0.2, 0.25) is 5.91 Å². The third-order valence-corrected chi connectivity index (χ3v) is 10.1. The van der Waals surface area contributed by atoms with Crippen molar-refractivity contribution in [2.24, 2.45) is 0 Å². The van der Waals surface area contributed by atoms with Crippen LogP contribution in [0, 0.1) is 0 Å². The molecule has 46 heavy (non-hydrogen) atoms. The predicted octanol–water partition coefficient (Wildman–Crippen LogP) is 5.52. The summed E-state index contributed by atoms with van der Waals surface area (Å²) in [5, 5.41) is 0. The largest absolute Gasteiger partial charge is 0.444 e. The second kappa shape index (κ2) is 14.1. The van der Waals surface area contributed by atoms with Crippen LogP contribution in [0.5, 0.6) is 0 Å². The van der Waals surface area contributed by atoms with E-state index >= 15 is 0 Å². The summed E-state index contributed by atoms with van der Waals surface area (Å²) in [4.78, 5) is 49.8. The number of carbonyl (C=O) groups is 3. The topological polar surface area (TPSA) is 76.6 Å². The van der Waals surface area contributed by atoms with E-state index in [0.717, 1.165) is 45.3 Å². The molecule has 0 aromatic heterocycles. The number of benzene rings is 2. The van der Waals surface area contributed by atoms with Crippen LogP contribution in [0.25, 0.3) is 0 Å². The van der Waals surface area contributed by atoms with E-state index in [-0.39, 0.29) is 18.2 Å². The average molecular weight is 630 g/mol. The third kappa shape index (κ3) is 7.58. The molecule has 4 aliphatic rings. The number of likely N-dealkylation sites (tertiary alicyclic amines) is 1. The Balaban J connectivity index is 1.01. The SMILES string of the molecule is CC(C)(C)OC(=O)N1CCN(C(=O)c2ccc(CN3CCC(N4CC(=O)N(C5CCCCC5)[C@H]4c4ccccc4)CC3)cc2)CC1. The van der Waals surface area contributed by atoms with Crippen molar-refractivity contribution >= 4 is 17.9 Å². The minimum atomic E-state index is -0.530. The van der Waals surface area contributed by atoms with Gasteiger partial charge in [-0.3, -0.25) is 19.4 Å². The molecule has 248 valence electrons. The van der Waals surface area contributed by atoms with Crippen LogP contribution in [0.1, 0.15) is 93.4 Å². The molecule has 0 radical (unpaired) electrons. The van der Waals surface area contributed by atoms with Crippen molar-refractivity contribution in [2.75, 3.05) is 45.8 Å².